The predicted octanol–water partition coefficient (Wildman–Crippen LogP) is 4.20. The Labute approximate surface area is 202 Å². The van der Waals surface area contributed by atoms with Crippen LogP contribution in [0.25, 0.3) is 0 Å². The van der Waals surface area contributed by atoms with Crippen LogP contribution in [0.1, 0.15) is 23.6 Å². The molecule has 0 aliphatic heterocycles. The fraction of sp³-hybridized carbons (Fsp3) is 0.160. The van der Waals surface area contributed by atoms with Gasteiger partial charge in [-0.2, -0.15) is 0 Å². The molecule has 0 spiro atoms. The fourth-order valence-corrected chi connectivity index (χ4v) is 3.38. The van der Waals surface area contributed by atoms with Crippen molar-refractivity contribution in [2.24, 2.45) is 5.73 Å². The molecule has 0 aliphatic rings. The van der Waals surface area contributed by atoms with Crippen molar-refractivity contribution in [3.8, 4) is 5.75 Å². The van der Waals surface area contributed by atoms with Crippen molar-refractivity contribution >= 4 is 35.2 Å². The topological polar surface area (TPSA) is 120 Å². The molecule has 3 aromatic rings. The van der Waals surface area contributed by atoms with Crippen LogP contribution < -0.4 is 21.1 Å². The van der Waals surface area contributed by atoms with Gasteiger partial charge < -0.3 is 25.8 Å². The van der Waals surface area contributed by atoms with Crippen molar-refractivity contribution in [3.63, 3.8) is 0 Å². The van der Waals surface area contributed by atoms with Gasteiger partial charge in [-0.15, -0.1) is 0 Å². The number of esters is 1. The number of hydrogen-bond acceptors (Lipinski definition) is 5. The summed E-state index contributed by atoms with van der Waals surface area (Å²) >= 11 is 6.15. The molecule has 4 N–H and O–H groups in total. The molecule has 3 amide bonds. The fourth-order valence-electron chi connectivity index (χ4n) is 3.11. The van der Waals surface area contributed by atoms with E-state index in [1.165, 1.54) is 0 Å². The molecule has 0 aliphatic carbocycles. The molecular weight excluding hydrogens is 458 g/mol. The zero-order chi connectivity index (χ0) is 24.3. The maximum Gasteiger partial charge on any atom is 0.312 e. The molecule has 0 aromatic heterocycles. The Balaban J connectivity index is 1.46. The Morgan fingerprint density at radius 1 is 0.912 bits per heavy atom. The first-order chi connectivity index (χ1) is 16.4. The highest BCUT2D eigenvalue weighted by atomic mass is 35.5. The standard InChI is InChI=1S/C25H24ClN3O5/c26-21-9-5-4-8-20(21)22(29-25(27)32)14-24(31)34-16-23(30)28-18-10-12-19(13-11-18)33-15-17-6-2-1-3-7-17/h1-13,22H,14-16H2,(H,28,30)(H3,27,29,32)/t22-/m0/s1. The highest BCUT2D eigenvalue weighted by Gasteiger charge is 2.21. The summed E-state index contributed by atoms with van der Waals surface area (Å²) in [4.78, 5) is 35.8. The number of carbonyl (C=O) groups is 3. The monoisotopic (exact) mass is 481 g/mol. The van der Waals surface area contributed by atoms with Crippen LogP contribution in [0.3, 0.4) is 0 Å². The number of nitrogens with one attached hydrogen (secondary N) is 2. The van der Waals surface area contributed by atoms with E-state index in [2.05, 4.69) is 10.6 Å². The quantitative estimate of drug-likeness (QED) is 0.375. The lowest BCUT2D eigenvalue weighted by molar-refractivity contribution is -0.147. The molecule has 0 saturated heterocycles. The molecule has 34 heavy (non-hydrogen) atoms. The lowest BCUT2D eigenvalue weighted by Crippen LogP contribution is -2.35. The minimum absolute atomic E-state index is 0.243. The molecule has 9 heteroatoms. The van der Waals surface area contributed by atoms with E-state index in [-0.39, 0.29) is 6.42 Å². The average Bonchev–Trinajstić information content (AvgIpc) is 2.83. The summed E-state index contributed by atoms with van der Waals surface area (Å²) in [7, 11) is 0. The lowest BCUT2D eigenvalue weighted by Gasteiger charge is -2.18. The number of rotatable bonds is 10. The summed E-state index contributed by atoms with van der Waals surface area (Å²) in [6, 6.07) is 21.7. The molecule has 0 unspecified atom stereocenters. The van der Waals surface area contributed by atoms with Crippen LogP contribution >= 0.6 is 11.6 Å². The molecule has 0 fully saturated rings. The number of nitrogens with two attached hydrogens (primary N) is 1. The summed E-state index contributed by atoms with van der Waals surface area (Å²) in [6.07, 6.45) is -0.243. The zero-order valence-electron chi connectivity index (χ0n) is 18.2. The Kier molecular flexibility index (Phi) is 8.88. The van der Waals surface area contributed by atoms with Crippen molar-refractivity contribution in [1.82, 2.24) is 5.32 Å². The third kappa shape index (κ3) is 7.83. The minimum atomic E-state index is -0.813. The van der Waals surface area contributed by atoms with Gasteiger partial charge in [-0.05, 0) is 41.5 Å². The number of ether oxygens (including phenoxy) is 2. The number of carbonyl (C=O) groups excluding carboxylic acids is 3. The van der Waals surface area contributed by atoms with Gasteiger partial charge in [-0.25, -0.2) is 4.79 Å². The molecule has 176 valence electrons. The van der Waals surface area contributed by atoms with Gasteiger partial charge >= 0.3 is 12.0 Å². The van der Waals surface area contributed by atoms with E-state index < -0.39 is 30.6 Å². The second kappa shape index (κ2) is 12.3. The normalized spacial score (nSPS) is 11.2. The van der Waals surface area contributed by atoms with Crippen molar-refractivity contribution < 1.29 is 23.9 Å². The summed E-state index contributed by atoms with van der Waals surface area (Å²) in [5, 5.41) is 5.47. The second-order valence-electron chi connectivity index (χ2n) is 7.29. The summed E-state index contributed by atoms with van der Waals surface area (Å²) in [5.74, 6) is -0.553. The number of primary amides is 1. The van der Waals surface area contributed by atoms with E-state index in [1.54, 1.807) is 48.5 Å². The SMILES string of the molecule is NC(=O)N[C@@H](CC(=O)OCC(=O)Nc1ccc(OCc2ccccc2)cc1)c1ccccc1Cl. The minimum Gasteiger partial charge on any atom is -0.489 e. The van der Waals surface area contributed by atoms with Crippen LogP contribution in [-0.2, 0) is 20.9 Å². The van der Waals surface area contributed by atoms with Gasteiger partial charge in [0.2, 0.25) is 0 Å². The lowest BCUT2D eigenvalue weighted by atomic mass is 10.0. The molecule has 0 saturated carbocycles. The summed E-state index contributed by atoms with van der Waals surface area (Å²) in [6.45, 7) is -0.0563. The maximum atomic E-state index is 12.3. The Bertz CT molecular complexity index is 1120. The second-order valence-corrected chi connectivity index (χ2v) is 7.70. The van der Waals surface area contributed by atoms with E-state index in [1.807, 2.05) is 30.3 Å². The summed E-state index contributed by atoms with van der Waals surface area (Å²) in [5.41, 5.74) is 7.29. The number of amides is 3. The van der Waals surface area contributed by atoms with Crippen molar-refractivity contribution in [1.29, 1.82) is 0 Å². The van der Waals surface area contributed by atoms with Crippen molar-refractivity contribution in [2.75, 3.05) is 11.9 Å². The molecule has 8 nitrogen and oxygen atoms in total. The van der Waals surface area contributed by atoms with E-state index in [0.717, 1.165) is 5.56 Å². The smallest absolute Gasteiger partial charge is 0.312 e. The van der Waals surface area contributed by atoms with Gasteiger partial charge in [0.1, 0.15) is 12.4 Å². The molecule has 3 rings (SSSR count). The van der Waals surface area contributed by atoms with Crippen LogP contribution in [-0.4, -0.2) is 24.5 Å². The van der Waals surface area contributed by atoms with Gasteiger partial charge in [-0.1, -0.05) is 60.1 Å². The molecule has 3 aromatic carbocycles. The molecular formula is C25H24ClN3O5. The van der Waals surface area contributed by atoms with Gasteiger partial charge in [0.15, 0.2) is 6.61 Å². The Morgan fingerprint density at radius 3 is 2.26 bits per heavy atom. The zero-order valence-corrected chi connectivity index (χ0v) is 19.0. The number of halogens is 1. The van der Waals surface area contributed by atoms with Gasteiger partial charge in [0.25, 0.3) is 5.91 Å². The average molecular weight is 482 g/mol. The van der Waals surface area contributed by atoms with Gasteiger partial charge in [-0.3, -0.25) is 9.59 Å². The summed E-state index contributed by atoms with van der Waals surface area (Å²) < 4.78 is 10.8. The van der Waals surface area contributed by atoms with Crippen molar-refractivity contribution in [3.05, 3.63) is 95.0 Å². The van der Waals surface area contributed by atoms with Gasteiger partial charge in [0.05, 0.1) is 12.5 Å². The molecule has 0 radical (unpaired) electrons. The number of benzene rings is 3. The first-order valence-electron chi connectivity index (χ1n) is 10.4. The van der Waals surface area contributed by atoms with Crippen LogP contribution in [0.2, 0.25) is 5.02 Å². The van der Waals surface area contributed by atoms with Crippen LogP contribution in [0.15, 0.2) is 78.9 Å². The Hall–Kier alpha value is -4.04. The van der Waals surface area contributed by atoms with Crippen molar-refractivity contribution in [2.45, 2.75) is 19.1 Å². The van der Waals surface area contributed by atoms with Crippen LogP contribution in [0.4, 0.5) is 10.5 Å². The number of anilines is 1. The predicted molar refractivity (Wildman–Crippen MR) is 128 cm³/mol. The van der Waals surface area contributed by atoms with Crippen LogP contribution in [0.5, 0.6) is 5.75 Å². The van der Waals surface area contributed by atoms with E-state index in [9.17, 15) is 14.4 Å². The van der Waals surface area contributed by atoms with Gasteiger partial charge in [0, 0.05) is 10.7 Å². The largest absolute Gasteiger partial charge is 0.489 e. The van der Waals surface area contributed by atoms with E-state index in [0.29, 0.717) is 28.6 Å². The molecule has 0 heterocycles. The Morgan fingerprint density at radius 2 is 1.59 bits per heavy atom. The number of hydrogen-bond donors (Lipinski definition) is 3. The maximum absolute atomic E-state index is 12.3. The third-order valence-corrected chi connectivity index (χ3v) is 5.06. The third-order valence-electron chi connectivity index (χ3n) is 4.72. The first kappa shape index (κ1) is 24.6. The highest BCUT2D eigenvalue weighted by Crippen LogP contribution is 2.25. The molecule has 0 bridgehead atoms. The van der Waals surface area contributed by atoms with E-state index >= 15 is 0 Å². The van der Waals surface area contributed by atoms with Crippen LogP contribution in [0, 0.1) is 0 Å². The number of urea groups is 1. The highest BCUT2D eigenvalue weighted by molar-refractivity contribution is 6.31. The van der Waals surface area contributed by atoms with E-state index in [4.69, 9.17) is 26.8 Å². The first-order valence-corrected chi connectivity index (χ1v) is 10.8. The molecule has 1 atom stereocenters.